The van der Waals surface area contributed by atoms with E-state index in [1.807, 2.05) is 12.1 Å². The molecule has 130 valence electrons. The molecular weight excluding hydrogens is 310 g/mol. The number of pyridine rings is 1. The Balaban J connectivity index is 1.58. The van der Waals surface area contributed by atoms with Crippen molar-refractivity contribution < 1.29 is 0 Å². The second-order valence-electron chi connectivity index (χ2n) is 6.88. The van der Waals surface area contributed by atoms with Gasteiger partial charge in [-0.15, -0.1) is 0 Å². The zero-order valence-corrected chi connectivity index (χ0v) is 14.9. The van der Waals surface area contributed by atoms with Crippen molar-refractivity contribution in [2.75, 3.05) is 43.9 Å². The van der Waals surface area contributed by atoms with Crippen molar-refractivity contribution in [3.63, 3.8) is 0 Å². The minimum Gasteiger partial charge on any atom is -0.372 e. The Kier molecular flexibility index (Phi) is 5.52. The van der Waals surface area contributed by atoms with Gasteiger partial charge in [-0.05, 0) is 69.3 Å². The van der Waals surface area contributed by atoms with E-state index < -0.39 is 0 Å². The number of anilines is 3. The molecule has 0 atom stereocenters. The van der Waals surface area contributed by atoms with Crippen LogP contribution in [0.1, 0.15) is 18.5 Å². The number of nitrogens with zero attached hydrogens (tertiary/aromatic N) is 4. The van der Waals surface area contributed by atoms with E-state index >= 15 is 0 Å². The molecule has 1 fully saturated rings. The topological polar surface area (TPSA) is 55.2 Å². The fourth-order valence-electron chi connectivity index (χ4n) is 3.36. The van der Waals surface area contributed by atoms with Crippen molar-refractivity contribution in [1.29, 1.82) is 5.26 Å². The number of hydrogen-bond acceptors (Lipinski definition) is 5. The molecule has 2 aromatic rings. The Morgan fingerprint density at radius 3 is 2.52 bits per heavy atom. The summed E-state index contributed by atoms with van der Waals surface area (Å²) < 4.78 is 0. The monoisotopic (exact) mass is 335 g/mol. The summed E-state index contributed by atoms with van der Waals surface area (Å²) in [6.45, 7) is 3.43. The average Bonchev–Trinajstić information content (AvgIpc) is 2.63. The Labute approximate surface area is 149 Å². The first kappa shape index (κ1) is 17.2. The Morgan fingerprint density at radius 2 is 1.88 bits per heavy atom. The van der Waals surface area contributed by atoms with Crippen LogP contribution in [0.2, 0.25) is 0 Å². The fraction of sp³-hybridized carbons (Fsp3) is 0.400. The number of rotatable bonds is 5. The summed E-state index contributed by atoms with van der Waals surface area (Å²) >= 11 is 0. The molecule has 1 aliphatic heterocycles. The zero-order valence-electron chi connectivity index (χ0n) is 14.9. The maximum atomic E-state index is 8.93. The predicted molar refractivity (Wildman–Crippen MR) is 102 cm³/mol. The highest BCUT2D eigenvalue weighted by atomic mass is 15.1. The van der Waals surface area contributed by atoms with E-state index in [0.717, 1.165) is 24.7 Å². The summed E-state index contributed by atoms with van der Waals surface area (Å²) in [5.41, 5.74) is 2.67. The van der Waals surface area contributed by atoms with Gasteiger partial charge in [-0.3, -0.25) is 0 Å². The lowest BCUT2D eigenvalue weighted by molar-refractivity contribution is 0.285. The maximum Gasteiger partial charge on any atom is 0.142 e. The molecule has 5 nitrogen and oxygen atoms in total. The zero-order chi connectivity index (χ0) is 17.6. The Morgan fingerprint density at radius 1 is 1.16 bits per heavy atom. The van der Waals surface area contributed by atoms with E-state index in [0.29, 0.717) is 11.5 Å². The number of nitriles is 1. The highest BCUT2D eigenvalue weighted by Crippen LogP contribution is 2.25. The van der Waals surface area contributed by atoms with E-state index in [2.05, 4.69) is 64.5 Å². The van der Waals surface area contributed by atoms with Crippen LogP contribution in [0.25, 0.3) is 0 Å². The first-order valence-electron chi connectivity index (χ1n) is 8.78. The van der Waals surface area contributed by atoms with Gasteiger partial charge in [0.2, 0.25) is 0 Å². The quantitative estimate of drug-likeness (QED) is 0.906. The van der Waals surface area contributed by atoms with Gasteiger partial charge in [-0.1, -0.05) is 6.07 Å². The SMILES string of the molecule is CN(C)CC1CCN(c2ccc(Nc3cccc(C#N)n3)cc2)CC1. The van der Waals surface area contributed by atoms with E-state index in [-0.39, 0.29) is 0 Å². The molecule has 2 heterocycles. The van der Waals surface area contributed by atoms with Crippen LogP contribution in [-0.4, -0.2) is 43.6 Å². The summed E-state index contributed by atoms with van der Waals surface area (Å²) in [6, 6.07) is 15.9. The largest absolute Gasteiger partial charge is 0.372 e. The minimum absolute atomic E-state index is 0.419. The minimum atomic E-state index is 0.419. The molecule has 0 unspecified atom stereocenters. The van der Waals surface area contributed by atoms with Crippen molar-refractivity contribution in [3.05, 3.63) is 48.2 Å². The highest BCUT2D eigenvalue weighted by Gasteiger charge is 2.19. The summed E-state index contributed by atoms with van der Waals surface area (Å²) in [5.74, 6) is 1.50. The van der Waals surface area contributed by atoms with E-state index in [9.17, 15) is 0 Å². The first-order chi connectivity index (χ1) is 12.1. The highest BCUT2D eigenvalue weighted by molar-refractivity contribution is 5.61. The molecule has 0 saturated carbocycles. The van der Waals surface area contributed by atoms with Gasteiger partial charge < -0.3 is 15.1 Å². The Hall–Kier alpha value is -2.58. The molecule has 3 rings (SSSR count). The molecule has 0 bridgehead atoms. The molecule has 1 saturated heterocycles. The van der Waals surface area contributed by atoms with Gasteiger partial charge in [0.1, 0.15) is 17.6 Å². The van der Waals surface area contributed by atoms with Crippen LogP contribution in [0.15, 0.2) is 42.5 Å². The lowest BCUT2D eigenvalue weighted by Gasteiger charge is -2.34. The van der Waals surface area contributed by atoms with Crippen molar-refractivity contribution in [2.24, 2.45) is 5.92 Å². The molecule has 0 aliphatic carbocycles. The molecule has 5 heteroatoms. The smallest absolute Gasteiger partial charge is 0.142 e. The van der Waals surface area contributed by atoms with E-state index in [1.54, 1.807) is 6.07 Å². The molecule has 0 amide bonds. The third kappa shape index (κ3) is 4.71. The van der Waals surface area contributed by atoms with Crippen LogP contribution < -0.4 is 10.2 Å². The number of piperidine rings is 1. The van der Waals surface area contributed by atoms with Gasteiger partial charge in [0.15, 0.2) is 0 Å². The predicted octanol–water partition coefficient (Wildman–Crippen LogP) is 3.47. The van der Waals surface area contributed by atoms with E-state index in [4.69, 9.17) is 5.26 Å². The summed E-state index contributed by atoms with van der Waals surface area (Å²) in [6.07, 6.45) is 2.51. The Bertz CT molecular complexity index is 724. The molecule has 25 heavy (non-hydrogen) atoms. The van der Waals surface area contributed by atoms with Crippen molar-refractivity contribution in [1.82, 2.24) is 9.88 Å². The lowest BCUT2D eigenvalue weighted by atomic mass is 9.96. The second-order valence-corrected chi connectivity index (χ2v) is 6.88. The van der Waals surface area contributed by atoms with Crippen LogP contribution in [0.4, 0.5) is 17.2 Å². The summed E-state index contributed by atoms with van der Waals surface area (Å²) in [4.78, 5) is 8.99. The van der Waals surface area contributed by atoms with E-state index in [1.165, 1.54) is 25.1 Å². The third-order valence-corrected chi connectivity index (χ3v) is 4.61. The molecule has 0 radical (unpaired) electrons. The van der Waals surface area contributed by atoms with Gasteiger partial charge >= 0.3 is 0 Å². The molecule has 0 spiro atoms. The van der Waals surface area contributed by atoms with Gasteiger partial charge in [-0.2, -0.15) is 5.26 Å². The number of hydrogen-bond donors (Lipinski definition) is 1. The van der Waals surface area contributed by atoms with Crippen molar-refractivity contribution >= 4 is 17.2 Å². The number of benzene rings is 1. The van der Waals surface area contributed by atoms with Gasteiger partial charge in [0.05, 0.1) is 0 Å². The van der Waals surface area contributed by atoms with Crippen LogP contribution in [0.3, 0.4) is 0 Å². The lowest BCUT2D eigenvalue weighted by Crippen LogP contribution is -2.37. The summed E-state index contributed by atoms with van der Waals surface area (Å²) in [5, 5.41) is 12.2. The standard InChI is InChI=1S/C20H25N5/c1-24(2)15-16-10-12-25(13-11-16)19-8-6-17(7-9-19)22-20-5-3-4-18(14-21)23-20/h3-9,16H,10-13,15H2,1-2H3,(H,22,23). The molecule has 1 aromatic heterocycles. The van der Waals surface area contributed by atoms with Crippen LogP contribution in [0.5, 0.6) is 0 Å². The van der Waals surface area contributed by atoms with Crippen molar-refractivity contribution in [3.8, 4) is 6.07 Å². The van der Waals surface area contributed by atoms with Crippen LogP contribution in [-0.2, 0) is 0 Å². The fourth-order valence-corrected chi connectivity index (χ4v) is 3.36. The van der Waals surface area contributed by atoms with Gasteiger partial charge in [-0.25, -0.2) is 4.98 Å². The maximum absolute atomic E-state index is 8.93. The second kappa shape index (κ2) is 8.00. The van der Waals surface area contributed by atoms with Crippen molar-refractivity contribution in [2.45, 2.75) is 12.8 Å². The average molecular weight is 335 g/mol. The molecular formula is C20H25N5. The molecule has 1 aliphatic rings. The molecule has 1 N–H and O–H groups in total. The summed E-state index contributed by atoms with van der Waals surface area (Å²) in [7, 11) is 4.30. The first-order valence-corrected chi connectivity index (χ1v) is 8.78. The normalized spacial score (nSPS) is 15.2. The van der Waals surface area contributed by atoms with Crippen LogP contribution >= 0.6 is 0 Å². The van der Waals surface area contributed by atoms with Crippen LogP contribution in [0, 0.1) is 17.2 Å². The van der Waals surface area contributed by atoms with Gasteiger partial charge in [0, 0.05) is 31.0 Å². The third-order valence-electron chi connectivity index (χ3n) is 4.61. The number of aromatic nitrogens is 1. The van der Waals surface area contributed by atoms with Gasteiger partial charge in [0.25, 0.3) is 0 Å². The molecule has 1 aromatic carbocycles. The number of nitrogens with one attached hydrogen (secondary N) is 1.